The Kier molecular flexibility index (Phi) is 5.16. The van der Waals surface area contributed by atoms with Gasteiger partial charge in [-0.2, -0.15) is 0 Å². The largest absolute Gasteiger partial charge is 0.573 e. The molecule has 3 aromatic rings. The lowest BCUT2D eigenvalue weighted by molar-refractivity contribution is -0.274. The summed E-state index contributed by atoms with van der Waals surface area (Å²) in [6.45, 7) is 6.90. The van der Waals surface area contributed by atoms with Gasteiger partial charge in [-0.3, -0.25) is 0 Å². The Morgan fingerprint density at radius 1 is 1.07 bits per heavy atom. The number of alkyl halides is 3. The molecular formula is C23H26F3N3O. The molecular weight excluding hydrogens is 391 g/mol. The number of nitrogens with zero attached hydrogens (tertiary/aromatic N) is 2. The third-order valence-corrected chi connectivity index (χ3v) is 5.67. The van der Waals surface area contributed by atoms with E-state index in [1.54, 1.807) is 12.1 Å². The molecule has 4 rings (SSSR count). The molecule has 160 valence electrons. The van der Waals surface area contributed by atoms with Crippen LogP contribution < -0.4 is 10.1 Å². The van der Waals surface area contributed by atoms with Crippen molar-refractivity contribution in [3.05, 3.63) is 48.5 Å². The van der Waals surface area contributed by atoms with Crippen LogP contribution in [-0.2, 0) is 0 Å². The van der Waals surface area contributed by atoms with Crippen molar-refractivity contribution < 1.29 is 17.9 Å². The summed E-state index contributed by atoms with van der Waals surface area (Å²) in [5.41, 5.74) is 2.85. The molecule has 30 heavy (non-hydrogen) atoms. The van der Waals surface area contributed by atoms with E-state index in [9.17, 15) is 13.2 Å². The maximum atomic E-state index is 12.4. The van der Waals surface area contributed by atoms with Gasteiger partial charge < -0.3 is 14.6 Å². The molecule has 0 aliphatic heterocycles. The fourth-order valence-corrected chi connectivity index (χ4v) is 4.86. The average molecular weight is 417 g/mol. The fourth-order valence-electron chi connectivity index (χ4n) is 4.86. The standard InChI is InChI=1S/C23H26F3N3O/c1-15-12-17(14-22(2,3)13-15)29-20-7-5-4-6-19(20)28-21(29)27-16-8-10-18(11-9-16)30-23(24,25)26/h4-11,15,17H,12-14H2,1-3H3,(H,27,28)/t15-,17?/m0/s1. The van der Waals surface area contributed by atoms with Crippen molar-refractivity contribution in [1.82, 2.24) is 9.55 Å². The van der Waals surface area contributed by atoms with Crippen molar-refractivity contribution >= 4 is 22.7 Å². The number of aromatic nitrogens is 2. The van der Waals surface area contributed by atoms with E-state index in [1.807, 2.05) is 18.2 Å². The van der Waals surface area contributed by atoms with Gasteiger partial charge in [0.1, 0.15) is 5.75 Å². The molecule has 0 bridgehead atoms. The molecule has 7 heteroatoms. The Hall–Kier alpha value is -2.70. The highest BCUT2D eigenvalue weighted by molar-refractivity contribution is 5.80. The molecule has 0 saturated heterocycles. The normalized spacial score (nSPS) is 21.5. The topological polar surface area (TPSA) is 39.1 Å². The number of para-hydroxylation sites is 2. The van der Waals surface area contributed by atoms with E-state index < -0.39 is 6.36 Å². The lowest BCUT2D eigenvalue weighted by Crippen LogP contribution is -2.29. The number of anilines is 2. The first-order valence-electron chi connectivity index (χ1n) is 10.2. The van der Waals surface area contributed by atoms with Crippen LogP contribution in [0, 0.1) is 11.3 Å². The molecule has 0 amide bonds. The first-order valence-corrected chi connectivity index (χ1v) is 10.2. The summed E-state index contributed by atoms with van der Waals surface area (Å²) in [7, 11) is 0. The van der Waals surface area contributed by atoms with Crippen LogP contribution in [0.4, 0.5) is 24.8 Å². The van der Waals surface area contributed by atoms with Crippen molar-refractivity contribution in [2.45, 2.75) is 52.4 Å². The van der Waals surface area contributed by atoms with Gasteiger partial charge >= 0.3 is 6.36 Å². The second-order valence-corrected chi connectivity index (χ2v) is 9.06. The molecule has 2 atom stereocenters. The van der Waals surface area contributed by atoms with Gasteiger partial charge in [-0.1, -0.05) is 32.9 Å². The molecule has 1 aliphatic carbocycles. The Balaban J connectivity index is 1.67. The number of fused-ring (bicyclic) bond motifs is 1. The SMILES string of the molecule is C[C@H]1CC(n2c(Nc3ccc(OC(F)(F)F)cc3)nc3ccccc32)CC(C)(C)C1. The summed E-state index contributed by atoms with van der Waals surface area (Å²) in [6.07, 6.45) is -1.39. The Morgan fingerprint density at radius 3 is 2.43 bits per heavy atom. The van der Waals surface area contributed by atoms with Gasteiger partial charge in [-0.05, 0) is 67.0 Å². The van der Waals surface area contributed by atoms with E-state index in [1.165, 1.54) is 18.6 Å². The molecule has 1 fully saturated rings. The Bertz CT molecular complexity index is 1020. The van der Waals surface area contributed by atoms with Crippen LogP contribution in [0.25, 0.3) is 11.0 Å². The predicted molar refractivity (Wildman–Crippen MR) is 112 cm³/mol. The summed E-state index contributed by atoms with van der Waals surface area (Å²) in [5, 5.41) is 3.31. The number of hydrogen-bond acceptors (Lipinski definition) is 3. The number of nitrogens with one attached hydrogen (secondary N) is 1. The Morgan fingerprint density at radius 2 is 1.77 bits per heavy atom. The molecule has 4 nitrogen and oxygen atoms in total. The number of rotatable bonds is 4. The first-order chi connectivity index (χ1) is 14.1. The molecule has 1 N–H and O–H groups in total. The highest BCUT2D eigenvalue weighted by atomic mass is 19.4. The third kappa shape index (κ3) is 4.55. The van der Waals surface area contributed by atoms with Crippen LogP contribution in [0.2, 0.25) is 0 Å². The summed E-state index contributed by atoms with van der Waals surface area (Å²) in [4.78, 5) is 4.78. The molecule has 1 aromatic heterocycles. The monoisotopic (exact) mass is 417 g/mol. The van der Waals surface area contributed by atoms with Gasteiger partial charge in [-0.15, -0.1) is 13.2 Å². The minimum atomic E-state index is -4.70. The van der Waals surface area contributed by atoms with Crippen molar-refractivity contribution in [3.8, 4) is 5.75 Å². The van der Waals surface area contributed by atoms with Gasteiger partial charge in [0.25, 0.3) is 0 Å². The Labute approximate surface area is 174 Å². The molecule has 1 saturated carbocycles. The molecule has 1 heterocycles. The number of imidazole rings is 1. The smallest absolute Gasteiger partial charge is 0.406 e. The summed E-state index contributed by atoms with van der Waals surface area (Å²) in [6, 6.07) is 14.0. The quantitative estimate of drug-likeness (QED) is 0.494. The second-order valence-electron chi connectivity index (χ2n) is 9.06. The highest BCUT2D eigenvalue weighted by Crippen LogP contribution is 2.46. The maximum Gasteiger partial charge on any atom is 0.573 e. The fraction of sp³-hybridized carbons (Fsp3) is 0.435. The number of ether oxygens (including phenoxy) is 1. The summed E-state index contributed by atoms with van der Waals surface area (Å²) < 4.78 is 43.4. The van der Waals surface area contributed by atoms with E-state index in [-0.39, 0.29) is 11.2 Å². The van der Waals surface area contributed by atoms with Crippen molar-refractivity contribution in [2.75, 3.05) is 5.32 Å². The van der Waals surface area contributed by atoms with Crippen molar-refractivity contribution in [3.63, 3.8) is 0 Å². The third-order valence-electron chi connectivity index (χ3n) is 5.67. The van der Waals surface area contributed by atoms with Crippen LogP contribution in [-0.4, -0.2) is 15.9 Å². The van der Waals surface area contributed by atoms with Crippen LogP contribution in [0.1, 0.15) is 46.1 Å². The van der Waals surface area contributed by atoms with Gasteiger partial charge in [0, 0.05) is 11.7 Å². The van der Waals surface area contributed by atoms with Gasteiger partial charge in [0.05, 0.1) is 11.0 Å². The van der Waals surface area contributed by atoms with Crippen LogP contribution in [0.15, 0.2) is 48.5 Å². The minimum Gasteiger partial charge on any atom is -0.406 e. The first kappa shape index (κ1) is 20.6. The van der Waals surface area contributed by atoms with E-state index in [0.717, 1.165) is 23.9 Å². The van der Waals surface area contributed by atoms with E-state index in [0.29, 0.717) is 23.6 Å². The summed E-state index contributed by atoms with van der Waals surface area (Å²) in [5.74, 6) is 1.06. The van der Waals surface area contributed by atoms with E-state index in [4.69, 9.17) is 4.98 Å². The van der Waals surface area contributed by atoms with Crippen LogP contribution in [0.5, 0.6) is 5.75 Å². The zero-order valence-corrected chi connectivity index (χ0v) is 17.3. The van der Waals surface area contributed by atoms with Crippen molar-refractivity contribution in [2.24, 2.45) is 11.3 Å². The number of benzene rings is 2. The van der Waals surface area contributed by atoms with Gasteiger partial charge in [0.2, 0.25) is 5.95 Å². The van der Waals surface area contributed by atoms with Crippen LogP contribution in [0.3, 0.4) is 0 Å². The zero-order chi connectivity index (χ0) is 21.5. The lowest BCUT2D eigenvalue weighted by atomic mass is 9.70. The number of halogens is 3. The lowest BCUT2D eigenvalue weighted by Gasteiger charge is -2.40. The van der Waals surface area contributed by atoms with Crippen molar-refractivity contribution in [1.29, 1.82) is 0 Å². The van der Waals surface area contributed by atoms with E-state index >= 15 is 0 Å². The molecule has 1 aliphatic rings. The minimum absolute atomic E-state index is 0.238. The molecule has 0 spiro atoms. The van der Waals surface area contributed by atoms with Crippen LogP contribution >= 0.6 is 0 Å². The maximum absolute atomic E-state index is 12.4. The van der Waals surface area contributed by atoms with Gasteiger partial charge in [-0.25, -0.2) is 4.98 Å². The van der Waals surface area contributed by atoms with Gasteiger partial charge in [0.15, 0.2) is 0 Å². The van der Waals surface area contributed by atoms with E-state index in [2.05, 4.69) is 41.5 Å². The summed E-state index contributed by atoms with van der Waals surface area (Å²) >= 11 is 0. The molecule has 0 radical (unpaired) electrons. The average Bonchev–Trinajstić information content (AvgIpc) is 2.98. The molecule has 2 aromatic carbocycles. The zero-order valence-electron chi connectivity index (χ0n) is 17.3. The second kappa shape index (κ2) is 7.52. The highest BCUT2D eigenvalue weighted by Gasteiger charge is 2.34. The number of hydrogen-bond donors (Lipinski definition) is 1. The predicted octanol–water partition coefficient (Wildman–Crippen LogP) is 7.07. The molecule has 1 unspecified atom stereocenters.